The summed E-state index contributed by atoms with van der Waals surface area (Å²) in [6.45, 7) is 12.2. The highest BCUT2D eigenvalue weighted by Crippen LogP contribution is 2.04. The normalized spacial score (nSPS) is 11.5. The van der Waals surface area contributed by atoms with Crippen LogP contribution < -0.4 is 0 Å². The Kier molecular flexibility index (Phi) is 32.3. The molecule has 0 aliphatic rings. The molecule has 0 aromatic heterocycles. The molecule has 0 aliphatic carbocycles. The summed E-state index contributed by atoms with van der Waals surface area (Å²) in [4.78, 5) is 0. The van der Waals surface area contributed by atoms with Gasteiger partial charge in [-0.05, 0) is 6.42 Å². The molecule has 0 rings (SSSR count). The van der Waals surface area contributed by atoms with Gasteiger partial charge in [0.05, 0.1) is 106 Å². The highest BCUT2D eigenvalue weighted by Gasteiger charge is 1.95. The molecule has 0 fully saturated rings. The van der Waals surface area contributed by atoms with Crippen LogP contribution in [0.3, 0.4) is 0 Å². The lowest BCUT2D eigenvalue weighted by molar-refractivity contribution is -0.0243. The van der Waals surface area contributed by atoms with Gasteiger partial charge < -0.3 is 42.6 Å². The molecule has 0 aliphatic heterocycles. The fourth-order valence-corrected chi connectivity index (χ4v) is 2.77. The molecule has 0 saturated carbocycles. The van der Waals surface area contributed by atoms with Crippen LogP contribution >= 0.6 is 0 Å². The number of unbranched alkanes of at least 4 members (excludes halogenated alkanes) is 5. The van der Waals surface area contributed by atoms with Crippen LogP contribution in [0.25, 0.3) is 0 Å². The lowest BCUT2D eigenvalue weighted by Gasteiger charge is -2.08. The zero-order chi connectivity index (χ0) is 24.6. The van der Waals surface area contributed by atoms with E-state index in [1.165, 1.54) is 32.1 Å². The predicted octanol–water partition coefficient (Wildman–Crippen LogP) is 3.13. The van der Waals surface area contributed by atoms with E-state index in [2.05, 4.69) is 6.92 Å². The maximum absolute atomic E-state index is 5.57. The Morgan fingerprint density at radius 1 is 0.294 bits per heavy atom. The summed E-state index contributed by atoms with van der Waals surface area (Å²) in [6.07, 6.45) is 7.72. The lowest BCUT2D eigenvalue weighted by atomic mass is 10.1. The average molecular weight is 497 g/mol. The monoisotopic (exact) mass is 496 g/mol. The molecule has 0 unspecified atom stereocenters. The van der Waals surface area contributed by atoms with Gasteiger partial charge in [0.1, 0.15) is 0 Å². The van der Waals surface area contributed by atoms with Crippen LogP contribution in [0.15, 0.2) is 0 Å². The highest BCUT2D eigenvalue weighted by molar-refractivity contribution is 4.43. The van der Waals surface area contributed by atoms with Gasteiger partial charge in [-0.2, -0.15) is 0 Å². The van der Waals surface area contributed by atoms with Crippen LogP contribution in [0.1, 0.15) is 45.4 Å². The van der Waals surface area contributed by atoms with Crippen LogP contribution in [0.4, 0.5) is 0 Å². The predicted molar refractivity (Wildman–Crippen MR) is 132 cm³/mol. The SMILES string of the molecule is CCCCCCCCOCCOCCOCCOCCOCCOCCOCCOCCOC. The molecular formula is C25H52O9. The number of ether oxygens (including phenoxy) is 9. The Labute approximate surface area is 208 Å². The quantitative estimate of drug-likeness (QED) is 0.134. The average Bonchev–Trinajstić information content (AvgIpc) is 2.85. The van der Waals surface area contributed by atoms with Gasteiger partial charge in [0.2, 0.25) is 0 Å². The molecule has 0 spiro atoms. The molecular weight excluding hydrogens is 444 g/mol. The van der Waals surface area contributed by atoms with E-state index in [1.807, 2.05) is 0 Å². The first-order valence-corrected chi connectivity index (χ1v) is 13.0. The second-order valence-electron chi connectivity index (χ2n) is 7.66. The molecule has 9 heteroatoms. The fraction of sp³-hybridized carbons (Fsp3) is 1.00. The molecule has 9 nitrogen and oxygen atoms in total. The van der Waals surface area contributed by atoms with Crippen molar-refractivity contribution < 1.29 is 42.6 Å². The topological polar surface area (TPSA) is 83.1 Å². The highest BCUT2D eigenvalue weighted by atomic mass is 16.6. The van der Waals surface area contributed by atoms with E-state index >= 15 is 0 Å². The summed E-state index contributed by atoms with van der Waals surface area (Å²) < 4.78 is 48.4. The van der Waals surface area contributed by atoms with Gasteiger partial charge in [0, 0.05) is 13.7 Å². The summed E-state index contributed by atoms with van der Waals surface area (Å²) in [6, 6.07) is 0. The van der Waals surface area contributed by atoms with Crippen molar-refractivity contribution in [3.63, 3.8) is 0 Å². The summed E-state index contributed by atoms with van der Waals surface area (Å²) in [7, 11) is 1.65. The minimum atomic E-state index is 0.542. The van der Waals surface area contributed by atoms with E-state index in [9.17, 15) is 0 Å². The van der Waals surface area contributed by atoms with Gasteiger partial charge in [0.15, 0.2) is 0 Å². The number of rotatable bonds is 31. The van der Waals surface area contributed by atoms with E-state index in [1.54, 1.807) is 7.11 Å². The van der Waals surface area contributed by atoms with Gasteiger partial charge in [-0.15, -0.1) is 0 Å². The third-order valence-corrected chi connectivity index (χ3v) is 4.68. The van der Waals surface area contributed by atoms with Crippen molar-refractivity contribution in [1.82, 2.24) is 0 Å². The summed E-state index contributed by atoms with van der Waals surface area (Å²) in [5.74, 6) is 0. The molecule has 0 heterocycles. The molecule has 34 heavy (non-hydrogen) atoms. The van der Waals surface area contributed by atoms with Crippen molar-refractivity contribution >= 4 is 0 Å². The fourth-order valence-electron chi connectivity index (χ4n) is 2.77. The van der Waals surface area contributed by atoms with Gasteiger partial charge in [-0.1, -0.05) is 39.0 Å². The van der Waals surface area contributed by atoms with E-state index in [0.717, 1.165) is 13.0 Å². The zero-order valence-electron chi connectivity index (χ0n) is 21.9. The van der Waals surface area contributed by atoms with Gasteiger partial charge in [-0.3, -0.25) is 0 Å². The molecule has 0 aromatic carbocycles. The summed E-state index contributed by atoms with van der Waals surface area (Å²) >= 11 is 0. The molecule has 0 aromatic rings. The van der Waals surface area contributed by atoms with E-state index in [0.29, 0.717) is 106 Å². The second-order valence-corrected chi connectivity index (χ2v) is 7.66. The van der Waals surface area contributed by atoms with E-state index in [4.69, 9.17) is 42.6 Å². The van der Waals surface area contributed by atoms with Crippen LogP contribution in [-0.4, -0.2) is 119 Å². The Bertz CT molecular complexity index is 316. The third-order valence-electron chi connectivity index (χ3n) is 4.68. The van der Waals surface area contributed by atoms with Gasteiger partial charge >= 0.3 is 0 Å². The maximum Gasteiger partial charge on any atom is 0.0701 e. The largest absolute Gasteiger partial charge is 0.382 e. The smallest absolute Gasteiger partial charge is 0.0701 e. The first-order valence-electron chi connectivity index (χ1n) is 13.0. The third kappa shape index (κ3) is 31.6. The Morgan fingerprint density at radius 3 is 0.882 bits per heavy atom. The number of hydrogen-bond acceptors (Lipinski definition) is 9. The summed E-state index contributed by atoms with van der Waals surface area (Å²) in [5.41, 5.74) is 0. The Balaban J connectivity index is 2.99. The van der Waals surface area contributed by atoms with Crippen molar-refractivity contribution in [2.75, 3.05) is 119 Å². The van der Waals surface area contributed by atoms with Crippen molar-refractivity contribution in [1.29, 1.82) is 0 Å². The van der Waals surface area contributed by atoms with E-state index < -0.39 is 0 Å². The van der Waals surface area contributed by atoms with Gasteiger partial charge in [-0.25, -0.2) is 0 Å². The van der Waals surface area contributed by atoms with Crippen molar-refractivity contribution in [2.24, 2.45) is 0 Å². The Hall–Kier alpha value is -0.360. The van der Waals surface area contributed by atoms with Crippen molar-refractivity contribution in [2.45, 2.75) is 45.4 Å². The van der Waals surface area contributed by atoms with E-state index in [-0.39, 0.29) is 0 Å². The standard InChI is InChI=1S/C25H52O9/c1-3-4-5-6-7-8-9-27-12-13-29-16-17-31-20-21-33-24-25-34-23-22-32-19-18-30-15-14-28-11-10-26-2/h3-25H2,1-2H3. The number of hydrogen-bond donors (Lipinski definition) is 0. The summed E-state index contributed by atoms with van der Waals surface area (Å²) in [5, 5.41) is 0. The van der Waals surface area contributed by atoms with Crippen molar-refractivity contribution in [3.8, 4) is 0 Å². The molecule has 0 radical (unpaired) electrons. The molecule has 0 atom stereocenters. The number of methoxy groups -OCH3 is 1. The second kappa shape index (κ2) is 32.6. The van der Waals surface area contributed by atoms with Crippen LogP contribution in [0.2, 0.25) is 0 Å². The molecule has 0 bridgehead atoms. The first kappa shape index (κ1) is 33.6. The molecule has 0 saturated heterocycles. The minimum absolute atomic E-state index is 0.542. The van der Waals surface area contributed by atoms with Gasteiger partial charge in [0.25, 0.3) is 0 Å². The molecule has 206 valence electrons. The maximum atomic E-state index is 5.57. The van der Waals surface area contributed by atoms with Crippen LogP contribution in [0, 0.1) is 0 Å². The van der Waals surface area contributed by atoms with Crippen LogP contribution in [0.5, 0.6) is 0 Å². The minimum Gasteiger partial charge on any atom is -0.382 e. The lowest BCUT2D eigenvalue weighted by Crippen LogP contribution is -2.15. The zero-order valence-corrected chi connectivity index (χ0v) is 21.9. The Morgan fingerprint density at radius 2 is 0.559 bits per heavy atom. The van der Waals surface area contributed by atoms with Crippen LogP contribution in [-0.2, 0) is 42.6 Å². The molecule has 0 amide bonds. The van der Waals surface area contributed by atoms with Crippen molar-refractivity contribution in [3.05, 3.63) is 0 Å². The first-order chi connectivity index (χ1) is 16.9. The molecule has 0 N–H and O–H groups in total.